The largest absolute Gasteiger partial charge is 0.361 e. The molecule has 3 nitrogen and oxygen atoms in total. The lowest BCUT2D eigenvalue weighted by Crippen LogP contribution is -2.33. The maximum atomic E-state index is 13.5. The molecule has 0 spiro atoms. The van der Waals surface area contributed by atoms with Gasteiger partial charge in [0, 0.05) is 12.1 Å². The van der Waals surface area contributed by atoms with Crippen LogP contribution in [0.3, 0.4) is 0 Å². The molecule has 0 aromatic heterocycles. The van der Waals surface area contributed by atoms with E-state index in [1.54, 1.807) is 25.1 Å². The first-order chi connectivity index (χ1) is 9.15. The molecule has 0 fully saturated rings. The van der Waals surface area contributed by atoms with Gasteiger partial charge in [-0.25, -0.2) is 4.39 Å². The van der Waals surface area contributed by atoms with Crippen molar-refractivity contribution >= 4 is 23.0 Å². The van der Waals surface area contributed by atoms with Crippen molar-refractivity contribution in [2.24, 2.45) is 5.10 Å². The highest BCUT2D eigenvalue weighted by atomic mass is 32.1. The molecular formula is C14H20FN3S. The average molecular weight is 281 g/mol. The van der Waals surface area contributed by atoms with Crippen LogP contribution in [0.4, 0.5) is 4.39 Å². The van der Waals surface area contributed by atoms with Gasteiger partial charge in [0.2, 0.25) is 0 Å². The molecule has 0 heterocycles. The number of nitrogens with zero attached hydrogens (tertiary/aromatic N) is 1. The zero-order chi connectivity index (χ0) is 14.1. The Balaban J connectivity index is 2.43. The number of rotatable bonds is 6. The zero-order valence-corrected chi connectivity index (χ0v) is 12.2. The number of nitrogens with one attached hydrogen (secondary N) is 2. The SMILES string of the molecule is CCCCCNC(=S)N/N=C(/C)c1ccccc1F. The molecule has 0 atom stereocenters. The summed E-state index contributed by atoms with van der Waals surface area (Å²) in [6.45, 7) is 4.72. The van der Waals surface area contributed by atoms with Gasteiger partial charge in [-0.1, -0.05) is 38.0 Å². The van der Waals surface area contributed by atoms with Crippen molar-refractivity contribution in [1.82, 2.24) is 10.7 Å². The van der Waals surface area contributed by atoms with Crippen LogP contribution in [0.25, 0.3) is 0 Å². The first kappa shape index (κ1) is 15.6. The maximum absolute atomic E-state index is 13.5. The third-order valence-corrected chi connectivity index (χ3v) is 2.89. The highest BCUT2D eigenvalue weighted by Crippen LogP contribution is 2.07. The lowest BCUT2D eigenvalue weighted by atomic mass is 10.1. The number of benzene rings is 1. The molecule has 1 aromatic carbocycles. The molecule has 0 aliphatic rings. The van der Waals surface area contributed by atoms with Crippen LogP contribution in [0.2, 0.25) is 0 Å². The summed E-state index contributed by atoms with van der Waals surface area (Å²) in [5, 5.41) is 7.60. The van der Waals surface area contributed by atoms with E-state index in [4.69, 9.17) is 12.2 Å². The Morgan fingerprint density at radius 3 is 2.74 bits per heavy atom. The van der Waals surface area contributed by atoms with Gasteiger partial charge in [0.25, 0.3) is 0 Å². The second-order valence-corrected chi connectivity index (χ2v) is 4.66. The van der Waals surface area contributed by atoms with E-state index in [-0.39, 0.29) is 5.82 Å². The minimum absolute atomic E-state index is 0.285. The van der Waals surface area contributed by atoms with Gasteiger partial charge >= 0.3 is 0 Å². The fourth-order valence-corrected chi connectivity index (χ4v) is 1.71. The van der Waals surface area contributed by atoms with Crippen molar-refractivity contribution in [3.8, 4) is 0 Å². The number of hydrogen-bond acceptors (Lipinski definition) is 2. The Labute approximate surface area is 119 Å². The number of halogens is 1. The van der Waals surface area contributed by atoms with Crippen LogP contribution in [-0.2, 0) is 0 Å². The summed E-state index contributed by atoms with van der Waals surface area (Å²) in [5.41, 5.74) is 3.77. The average Bonchev–Trinajstić information content (AvgIpc) is 2.41. The quantitative estimate of drug-likeness (QED) is 0.364. The minimum Gasteiger partial charge on any atom is -0.361 e. The first-order valence-corrected chi connectivity index (χ1v) is 6.89. The lowest BCUT2D eigenvalue weighted by molar-refractivity contribution is 0.625. The molecule has 0 saturated carbocycles. The number of thiocarbonyl (C=S) groups is 1. The van der Waals surface area contributed by atoms with Crippen LogP contribution in [0.1, 0.15) is 38.7 Å². The summed E-state index contributed by atoms with van der Waals surface area (Å²) in [4.78, 5) is 0. The number of hydrogen-bond donors (Lipinski definition) is 2. The van der Waals surface area contributed by atoms with E-state index in [1.165, 1.54) is 18.9 Å². The molecule has 0 saturated heterocycles. The molecule has 0 bridgehead atoms. The second kappa shape index (κ2) is 8.58. The van der Waals surface area contributed by atoms with E-state index in [0.29, 0.717) is 16.4 Å². The van der Waals surface area contributed by atoms with Gasteiger partial charge in [0.15, 0.2) is 5.11 Å². The highest BCUT2D eigenvalue weighted by molar-refractivity contribution is 7.80. The molecule has 1 rings (SSSR count). The predicted molar refractivity (Wildman–Crippen MR) is 81.9 cm³/mol. The summed E-state index contributed by atoms with van der Waals surface area (Å²) < 4.78 is 13.5. The summed E-state index contributed by atoms with van der Waals surface area (Å²) in [6, 6.07) is 6.53. The maximum Gasteiger partial charge on any atom is 0.186 e. The fourth-order valence-electron chi connectivity index (χ4n) is 1.57. The summed E-state index contributed by atoms with van der Waals surface area (Å²) >= 11 is 5.08. The molecule has 0 radical (unpaired) electrons. The van der Waals surface area contributed by atoms with Crippen LogP contribution in [-0.4, -0.2) is 17.4 Å². The van der Waals surface area contributed by atoms with Crippen molar-refractivity contribution in [2.45, 2.75) is 33.1 Å². The minimum atomic E-state index is -0.285. The van der Waals surface area contributed by atoms with E-state index >= 15 is 0 Å². The van der Waals surface area contributed by atoms with Crippen molar-refractivity contribution in [3.63, 3.8) is 0 Å². The van der Waals surface area contributed by atoms with Gasteiger partial charge in [-0.3, -0.25) is 5.43 Å². The van der Waals surface area contributed by atoms with Gasteiger partial charge in [-0.15, -0.1) is 0 Å². The third-order valence-electron chi connectivity index (χ3n) is 2.65. The van der Waals surface area contributed by atoms with Crippen LogP contribution in [0.5, 0.6) is 0 Å². The van der Waals surface area contributed by atoms with Crippen LogP contribution < -0.4 is 10.7 Å². The third kappa shape index (κ3) is 5.79. The number of unbranched alkanes of at least 4 members (excludes halogenated alkanes) is 2. The van der Waals surface area contributed by atoms with Gasteiger partial charge in [0.05, 0.1) is 5.71 Å². The monoisotopic (exact) mass is 281 g/mol. The van der Waals surface area contributed by atoms with E-state index in [0.717, 1.165) is 13.0 Å². The zero-order valence-electron chi connectivity index (χ0n) is 11.4. The molecule has 19 heavy (non-hydrogen) atoms. The lowest BCUT2D eigenvalue weighted by Gasteiger charge is -2.08. The summed E-state index contributed by atoms with van der Waals surface area (Å²) in [5.74, 6) is -0.285. The Bertz CT molecular complexity index is 446. The van der Waals surface area contributed by atoms with Crippen molar-refractivity contribution in [2.75, 3.05) is 6.54 Å². The van der Waals surface area contributed by atoms with Crippen LogP contribution in [0.15, 0.2) is 29.4 Å². The molecule has 2 N–H and O–H groups in total. The van der Waals surface area contributed by atoms with Gasteiger partial charge in [0.1, 0.15) is 5.82 Å². The van der Waals surface area contributed by atoms with E-state index in [2.05, 4.69) is 22.8 Å². The molecule has 0 aliphatic carbocycles. The topological polar surface area (TPSA) is 36.4 Å². The van der Waals surface area contributed by atoms with Gasteiger partial charge < -0.3 is 5.32 Å². The van der Waals surface area contributed by atoms with Crippen LogP contribution >= 0.6 is 12.2 Å². The molecular weight excluding hydrogens is 261 g/mol. The van der Waals surface area contributed by atoms with Gasteiger partial charge in [-0.05, 0) is 31.6 Å². The Hall–Kier alpha value is -1.49. The van der Waals surface area contributed by atoms with Crippen LogP contribution in [0, 0.1) is 5.82 Å². The molecule has 0 unspecified atom stereocenters. The Morgan fingerprint density at radius 1 is 1.32 bits per heavy atom. The number of hydrazone groups is 1. The first-order valence-electron chi connectivity index (χ1n) is 6.48. The van der Waals surface area contributed by atoms with E-state index in [1.807, 2.05) is 0 Å². The molecule has 5 heteroatoms. The van der Waals surface area contributed by atoms with Gasteiger partial charge in [-0.2, -0.15) is 5.10 Å². The Morgan fingerprint density at radius 2 is 2.05 bits per heavy atom. The van der Waals surface area contributed by atoms with Crippen molar-refractivity contribution < 1.29 is 4.39 Å². The molecule has 0 aliphatic heterocycles. The van der Waals surface area contributed by atoms with Crippen molar-refractivity contribution in [1.29, 1.82) is 0 Å². The predicted octanol–water partition coefficient (Wildman–Crippen LogP) is 3.20. The Kier molecular flexibility index (Phi) is 7.03. The smallest absolute Gasteiger partial charge is 0.186 e. The molecule has 1 aromatic rings. The molecule has 0 amide bonds. The van der Waals surface area contributed by atoms with Crippen molar-refractivity contribution in [3.05, 3.63) is 35.6 Å². The normalized spacial score (nSPS) is 11.2. The fraction of sp³-hybridized carbons (Fsp3) is 0.429. The summed E-state index contributed by atoms with van der Waals surface area (Å²) in [7, 11) is 0. The molecule has 104 valence electrons. The van der Waals surface area contributed by atoms with E-state index in [9.17, 15) is 4.39 Å². The standard InChI is InChI=1S/C14H20FN3S/c1-3-4-7-10-16-14(19)18-17-11(2)12-8-5-6-9-13(12)15/h5-6,8-9H,3-4,7,10H2,1-2H3,(H2,16,18,19)/b17-11-. The summed E-state index contributed by atoms with van der Waals surface area (Å²) in [6.07, 6.45) is 3.42. The van der Waals surface area contributed by atoms with E-state index < -0.39 is 0 Å². The highest BCUT2D eigenvalue weighted by Gasteiger charge is 2.03. The second-order valence-electron chi connectivity index (χ2n) is 4.25.